The summed E-state index contributed by atoms with van der Waals surface area (Å²) in [6.45, 7) is 1.24. The molecule has 0 saturated carbocycles. The van der Waals surface area contributed by atoms with Crippen LogP contribution in [0.3, 0.4) is 0 Å². The fourth-order valence-corrected chi connectivity index (χ4v) is 0.500. The second-order valence-electron chi connectivity index (χ2n) is 1.47. The molecule has 0 saturated heterocycles. The summed E-state index contributed by atoms with van der Waals surface area (Å²) >= 11 is 4.51. The lowest BCUT2D eigenvalue weighted by Gasteiger charge is -1.87. The monoisotopic (exact) mass is 160 g/mol. The van der Waals surface area contributed by atoms with Crippen molar-refractivity contribution in [1.82, 2.24) is 10.2 Å². The van der Waals surface area contributed by atoms with Gasteiger partial charge in [-0.25, -0.2) is 5.10 Å². The molecule has 0 amide bonds. The number of carbonyl (C=O) groups is 1. The molecule has 0 aliphatic heterocycles. The van der Waals surface area contributed by atoms with Gasteiger partial charge in [0.25, 0.3) is 4.84 Å². The van der Waals surface area contributed by atoms with Crippen molar-refractivity contribution in [2.24, 2.45) is 0 Å². The molecule has 0 atom stereocenters. The van der Waals surface area contributed by atoms with Crippen LogP contribution in [-0.4, -0.2) is 16.2 Å². The molecule has 0 aromatic carbocycles. The summed E-state index contributed by atoms with van der Waals surface area (Å²) in [6, 6.07) is 0. The van der Waals surface area contributed by atoms with E-state index >= 15 is 0 Å². The highest BCUT2D eigenvalue weighted by molar-refractivity contribution is 7.71. The van der Waals surface area contributed by atoms with Gasteiger partial charge < -0.3 is 9.15 Å². The first-order valence-corrected chi connectivity index (χ1v) is 2.83. The van der Waals surface area contributed by atoms with Crippen molar-refractivity contribution in [3.05, 3.63) is 4.84 Å². The van der Waals surface area contributed by atoms with Gasteiger partial charge in [-0.3, -0.25) is 4.79 Å². The van der Waals surface area contributed by atoms with Crippen LogP contribution >= 0.6 is 12.2 Å². The average molecular weight is 160 g/mol. The van der Waals surface area contributed by atoms with E-state index in [9.17, 15) is 4.79 Å². The van der Waals surface area contributed by atoms with Gasteiger partial charge in [0, 0.05) is 6.92 Å². The Bertz CT molecular complexity index is 289. The Balaban J connectivity index is 2.76. The first-order chi connectivity index (χ1) is 4.68. The van der Waals surface area contributed by atoms with Crippen molar-refractivity contribution in [2.45, 2.75) is 6.92 Å². The molecule has 1 aromatic heterocycles. The molecule has 0 aliphatic carbocycles. The van der Waals surface area contributed by atoms with E-state index in [0.717, 1.165) is 0 Å². The topological polar surface area (TPSA) is 68.1 Å². The summed E-state index contributed by atoms with van der Waals surface area (Å²) in [5.74, 6) is -0.495. The molecule has 0 bridgehead atoms. The number of rotatable bonds is 1. The fourth-order valence-electron chi connectivity index (χ4n) is 0.383. The third-order valence-corrected chi connectivity index (χ3v) is 0.824. The van der Waals surface area contributed by atoms with Crippen molar-refractivity contribution < 1.29 is 13.9 Å². The number of ether oxygens (including phenoxy) is 1. The summed E-state index contributed by atoms with van der Waals surface area (Å²) in [6.07, 6.45) is -0.155. The van der Waals surface area contributed by atoms with Crippen LogP contribution < -0.4 is 4.74 Å². The zero-order chi connectivity index (χ0) is 7.56. The molecule has 54 valence electrons. The number of hydrogen-bond donors (Lipinski definition) is 1. The van der Waals surface area contributed by atoms with E-state index in [2.05, 4.69) is 31.6 Å². The molecule has 0 unspecified atom stereocenters. The van der Waals surface area contributed by atoms with Gasteiger partial charge in [0.15, 0.2) is 0 Å². The number of H-pyrrole nitrogens is 1. The van der Waals surface area contributed by atoms with Crippen LogP contribution in [0.1, 0.15) is 6.92 Å². The molecule has 1 N–H and O–H groups in total. The SMILES string of the molecule is CC(=O)Oc1n[nH]c(=S)o1. The van der Waals surface area contributed by atoms with Gasteiger partial charge in [-0.05, 0) is 12.2 Å². The predicted octanol–water partition coefficient (Wildman–Crippen LogP) is 0.657. The molecule has 5 nitrogen and oxygen atoms in total. The van der Waals surface area contributed by atoms with E-state index in [0.29, 0.717) is 0 Å². The maximum atomic E-state index is 10.3. The Kier molecular flexibility index (Phi) is 1.81. The number of aromatic amines is 1. The average Bonchev–Trinajstić information content (AvgIpc) is 2.13. The number of nitrogens with one attached hydrogen (secondary N) is 1. The van der Waals surface area contributed by atoms with Gasteiger partial charge in [0.2, 0.25) is 0 Å². The molecule has 0 aliphatic rings. The summed E-state index contributed by atoms with van der Waals surface area (Å²) < 4.78 is 9.02. The Morgan fingerprint density at radius 1 is 1.90 bits per heavy atom. The third kappa shape index (κ3) is 1.66. The van der Waals surface area contributed by atoms with Crippen LogP contribution in [0.15, 0.2) is 4.42 Å². The molecule has 0 spiro atoms. The molecule has 1 heterocycles. The van der Waals surface area contributed by atoms with Crippen LogP contribution in [-0.2, 0) is 4.79 Å². The molecule has 1 rings (SSSR count). The highest BCUT2D eigenvalue weighted by atomic mass is 32.1. The van der Waals surface area contributed by atoms with Crippen LogP contribution in [0.2, 0.25) is 0 Å². The van der Waals surface area contributed by atoms with Gasteiger partial charge in [0.05, 0.1) is 0 Å². The highest BCUT2D eigenvalue weighted by Gasteiger charge is 2.01. The zero-order valence-corrected chi connectivity index (χ0v) is 5.90. The minimum Gasteiger partial charge on any atom is -0.381 e. The van der Waals surface area contributed by atoms with Gasteiger partial charge in [-0.1, -0.05) is 5.10 Å². The minimum absolute atomic E-state index is 0.0799. The maximum absolute atomic E-state index is 10.3. The van der Waals surface area contributed by atoms with E-state index < -0.39 is 5.97 Å². The Morgan fingerprint density at radius 3 is 3.00 bits per heavy atom. The predicted molar refractivity (Wildman–Crippen MR) is 33.0 cm³/mol. The maximum Gasteiger partial charge on any atom is 0.421 e. The molecule has 10 heavy (non-hydrogen) atoms. The number of nitrogens with zero attached hydrogens (tertiary/aromatic N) is 1. The van der Waals surface area contributed by atoms with Crippen molar-refractivity contribution in [1.29, 1.82) is 0 Å². The largest absolute Gasteiger partial charge is 0.421 e. The van der Waals surface area contributed by atoms with Crippen molar-refractivity contribution in [3.63, 3.8) is 0 Å². The lowest BCUT2D eigenvalue weighted by Crippen LogP contribution is -2.01. The van der Waals surface area contributed by atoms with E-state index in [-0.39, 0.29) is 10.9 Å². The molecule has 0 fully saturated rings. The Labute approximate surface area is 61.0 Å². The Morgan fingerprint density at radius 2 is 2.60 bits per heavy atom. The number of carbonyl (C=O) groups excluding carboxylic acids is 1. The lowest BCUT2D eigenvalue weighted by molar-refractivity contribution is -0.133. The molecule has 1 aromatic rings. The second kappa shape index (κ2) is 2.61. The first-order valence-electron chi connectivity index (χ1n) is 2.42. The minimum atomic E-state index is -0.495. The molecular formula is C4H4N2O3S. The summed E-state index contributed by atoms with van der Waals surface area (Å²) in [5.41, 5.74) is 0. The molecule has 0 radical (unpaired) electrons. The van der Waals surface area contributed by atoms with E-state index in [4.69, 9.17) is 0 Å². The molecule has 6 heteroatoms. The third-order valence-electron chi connectivity index (χ3n) is 0.650. The fraction of sp³-hybridized carbons (Fsp3) is 0.250. The van der Waals surface area contributed by atoms with Crippen LogP contribution in [0.25, 0.3) is 0 Å². The zero-order valence-electron chi connectivity index (χ0n) is 5.08. The number of hydrogen-bond acceptors (Lipinski definition) is 5. The highest BCUT2D eigenvalue weighted by Crippen LogP contribution is 2.03. The number of esters is 1. The summed E-state index contributed by atoms with van der Waals surface area (Å²) in [4.78, 5) is 10.3. The smallest absolute Gasteiger partial charge is 0.381 e. The summed E-state index contributed by atoms with van der Waals surface area (Å²) in [5, 5.41) is 5.71. The van der Waals surface area contributed by atoms with Crippen molar-refractivity contribution in [2.75, 3.05) is 0 Å². The standard InChI is InChI=1S/C4H4N2O3S/c1-2(7)8-3-5-6-4(10)9-3/h1H3,(H,6,10). The quantitative estimate of drug-likeness (QED) is 0.482. The van der Waals surface area contributed by atoms with E-state index in [1.807, 2.05) is 0 Å². The van der Waals surface area contributed by atoms with Crippen LogP contribution in [0.4, 0.5) is 0 Å². The van der Waals surface area contributed by atoms with Gasteiger partial charge in [-0.15, -0.1) is 0 Å². The summed E-state index contributed by atoms with van der Waals surface area (Å²) in [7, 11) is 0. The van der Waals surface area contributed by atoms with Gasteiger partial charge in [-0.2, -0.15) is 0 Å². The Hall–Kier alpha value is -1.17. The van der Waals surface area contributed by atoms with Crippen LogP contribution in [0, 0.1) is 4.84 Å². The van der Waals surface area contributed by atoms with Gasteiger partial charge in [0.1, 0.15) is 0 Å². The van der Waals surface area contributed by atoms with Crippen molar-refractivity contribution in [3.8, 4) is 6.08 Å². The van der Waals surface area contributed by atoms with Crippen molar-refractivity contribution >= 4 is 18.2 Å². The van der Waals surface area contributed by atoms with Gasteiger partial charge >= 0.3 is 12.0 Å². The number of aromatic nitrogens is 2. The normalized spacial score (nSPS) is 9.30. The van der Waals surface area contributed by atoms with E-state index in [1.54, 1.807) is 0 Å². The first kappa shape index (κ1) is 6.94. The van der Waals surface area contributed by atoms with Crippen LogP contribution in [0.5, 0.6) is 6.08 Å². The lowest BCUT2D eigenvalue weighted by atomic mass is 10.8. The van der Waals surface area contributed by atoms with E-state index in [1.165, 1.54) is 6.92 Å². The molecular weight excluding hydrogens is 156 g/mol. The second-order valence-corrected chi connectivity index (χ2v) is 1.84.